The Morgan fingerprint density at radius 3 is 2.48 bits per heavy atom. The third-order valence-corrected chi connectivity index (χ3v) is 3.34. The van der Waals surface area contributed by atoms with Gasteiger partial charge in [0, 0.05) is 23.1 Å². The van der Waals surface area contributed by atoms with Crippen LogP contribution < -0.4 is 10.6 Å². The normalized spacial score (nSPS) is 10.4. The van der Waals surface area contributed by atoms with Crippen LogP contribution in [0.4, 0.5) is 27.5 Å². The molecule has 4 nitrogen and oxygen atoms in total. The van der Waals surface area contributed by atoms with Crippen molar-refractivity contribution in [2.24, 2.45) is 0 Å². The van der Waals surface area contributed by atoms with Gasteiger partial charge in [0.25, 0.3) is 0 Å². The zero-order valence-corrected chi connectivity index (χ0v) is 13.0. The van der Waals surface area contributed by atoms with Crippen molar-refractivity contribution in [1.29, 1.82) is 0 Å². The van der Waals surface area contributed by atoms with E-state index in [2.05, 4.69) is 20.6 Å². The van der Waals surface area contributed by atoms with Crippen LogP contribution in [0.3, 0.4) is 0 Å². The molecule has 3 rings (SSSR count). The van der Waals surface area contributed by atoms with Gasteiger partial charge in [0.15, 0.2) is 0 Å². The van der Waals surface area contributed by atoms with Crippen LogP contribution in [0.15, 0.2) is 54.6 Å². The lowest BCUT2D eigenvalue weighted by Gasteiger charge is -2.11. The van der Waals surface area contributed by atoms with Crippen molar-refractivity contribution in [2.45, 2.75) is 13.8 Å². The summed E-state index contributed by atoms with van der Waals surface area (Å²) in [5.74, 6) is 0.816. The van der Waals surface area contributed by atoms with Gasteiger partial charge >= 0.3 is 0 Å². The molecule has 0 saturated heterocycles. The highest BCUT2D eigenvalue weighted by molar-refractivity contribution is 5.61. The lowest BCUT2D eigenvalue weighted by atomic mass is 10.2. The number of rotatable bonds is 4. The Hall–Kier alpha value is -2.95. The van der Waals surface area contributed by atoms with Gasteiger partial charge in [-0.05, 0) is 43.7 Å². The van der Waals surface area contributed by atoms with Gasteiger partial charge in [0.05, 0.1) is 0 Å². The predicted molar refractivity (Wildman–Crippen MR) is 90.9 cm³/mol. The first-order valence-electron chi connectivity index (χ1n) is 7.31. The first-order valence-corrected chi connectivity index (χ1v) is 7.31. The largest absolute Gasteiger partial charge is 0.340 e. The number of aryl methyl sites for hydroxylation is 2. The molecule has 0 unspecified atom stereocenters. The first kappa shape index (κ1) is 15.0. The van der Waals surface area contributed by atoms with Gasteiger partial charge in [-0.25, -0.2) is 9.37 Å². The summed E-state index contributed by atoms with van der Waals surface area (Å²) >= 11 is 0. The van der Waals surface area contributed by atoms with Gasteiger partial charge in [-0.15, -0.1) is 0 Å². The number of hydrogen-bond donors (Lipinski definition) is 2. The first-order chi connectivity index (χ1) is 11.1. The van der Waals surface area contributed by atoms with Gasteiger partial charge in [0.1, 0.15) is 11.6 Å². The molecule has 116 valence electrons. The maximum Gasteiger partial charge on any atom is 0.229 e. The van der Waals surface area contributed by atoms with E-state index in [-0.39, 0.29) is 5.82 Å². The molecule has 0 aliphatic carbocycles. The minimum atomic E-state index is -0.293. The number of nitrogens with one attached hydrogen (secondary N) is 2. The molecule has 0 radical (unpaired) electrons. The van der Waals surface area contributed by atoms with E-state index in [1.165, 1.54) is 12.1 Å². The molecule has 0 saturated carbocycles. The highest BCUT2D eigenvalue weighted by Crippen LogP contribution is 2.21. The molecule has 0 spiro atoms. The smallest absolute Gasteiger partial charge is 0.229 e. The Morgan fingerprint density at radius 2 is 1.70 bits per heavy atom. The fraction of sp³-hybridized carbons (Fsp3) is 0.111. The number of halogens is 1. The number of nitrogens with zero attached hydrogens (tertiary/aromatic N) is 2. The maximum absolute atomic E-state index is 13.3. The fourth-order valence-electron chi connectivity index (χ4n) is 2.24. The molecule has 0 fully saturated rings. The lowest BCUT2D eigenvalue weighted by molar-refractivity contribution is 0.628. The molecule has 1 aromatic heterocycles. The monoisotopic (exact) mass is 308 g/mol. The van der Waals surface area contributed by atoms with Gasteiger partial charge in [-0.3, -0.25) is 0 Å². The van der Waals surface area contributed by atoms with Gasteiger partial charge in [-0.2, -0.15) is 4.98 Å². The number of benzene rings is 2. The second kappa shape index (κ2) is 6.44. The molecule has 0 bridgehead atoms. The summed E-state index contributed by atoms with van der Waals surface area (Å²) in [6.07, 6.45) is 0. The van der Waals surface area contributed by atoms with E-state index in [4.69, 9.17) is 0 Å². The molecule has 0 aliphatic rings. The molecule has 0 amide bonds. The average Bonchev–Trinajstić information content (AvgIpc) is 2.49. The summed E-state index contributed by atoms with van der Waals surface area (Å²) in [6, 6.07) is 16.0. The second-order valence-electron chi connectivity index (χ2n) is 5.29. The summed E-state index contributed by atoms with van der Waals surface area (Å²) < 4.78 is 13.3. The van der Waals surface area contributed by atoms with Crippen LogP contribution in [-0.2, 0) is 0 Å². The molecule has 0 aliphatic heterocycles. The zero-order chi connectivity index (χ0) is 16.2. The number of anilines is 4. The van der Waals surface area contributed by atoms with Crippen LogP contribution in [0.1, 0.15) is 11.3 Å². The summed E-state index contributed by atoms with van der Waals surface area (Å²) in [5, 5.41) is 6.31. The van der Waals surface area contributed by atoms with Crippen LogP contribution in [0, 0.1) is 19.7 Å². The maximum atomic E-state index is 13.3. The number of para-hydroxylation sites is 1. The Labute approximate surface area is 134 Å². The molecule has 2 aromatic carbocycles. The summed E-state index contributed by atoms with van der Waals surface area (Å²) in [7, 11) is 0. The van der Waals surface area contributed by atoms with Crippen molar-refractivity contribution in [2.75, 3.05) is 10.6 Å². The second-order valence-corrected chi connectivity index (χ2v) is 5.29. The standard InChI is InChI=1S/C18H17FN4/c1-12-6-3-4-9-16(12)22-18-20-13(2)10-17(23-18)21-15-8-5-7-14(19)11-15/h3-11H,1-2H3,(H2,20,21,22,23). The molecular weight excluding hydrogens is 291 g/mol. The van der Waals surface area contributed by atoms with Gasteiger partial charge in [-0.1, -0.05) is 24.3 Å². The summed E-state index contributed by atoms with van der Waals surface area (Å²) in [5.41, 5.74) is 3.52. The Morgan fingerprint density at radius 1 is 0.870 bits per heavy atom. The van der Waals surface area contributed by atoms with Crippen molar-refractivity contribution in [3.05, 3.63) is 71.7 Å². The van der Waals surface area contributed by atoms with E-state index in [1.54, 1.807) is 12.1 Å². The quantitative estimate of drug-likeness (QED) is 0.732. The van der Waals surface area contributed by atoms with E-state index in [0.29, 0.717) is 17.5 Å². The van der Waals surface area contributed by atoms with Crippen LogP contribution in [0.25, 0.3) is 0 Å². The van der Waals surface area contributed by atoms with Crippen LogP contribution in [0.2, 0.25) is 0 Å². The summed E-state index contributed by atoms with van der Waals surface area (Å²) in [6.45, 7) is 3.91. The molecule has 3 aromatic rings. The van der Waals surface area contributed by atoms with Gasteiger partial charge in [0.2, 0.25) is 5.95 Å². The highest BCUT2D eigenvalue weighted by Gasteiger charge is 2.05. The Bertz CT molecular complexity index is 833. The molecule has 1 heterocycles. The molecule has 23 heavy (non-hydrogen) atoms. The lowest BCUT2D eigenvalue weighted by Crippen LogP contribution is -2.03. The predicted octanol–water partition coefficient (Wildman–Crippen LogP) is 4.72. The van der Waals surface area contributed by atoms with E-state index >= 15 is 0 Å². The molecule has 5 heteroatoms. The number of aromatic nitrogens is 2. The highest BCUT2D eigenvalue weighted by atomic mass is 19.1. The van der Waals surface area contributed by atoms with Crippen LogP contribution in [0.5, 0.6) is 0 Å². The molecule has 2 N–H and O–H groups in total. The van der Waals surface area contributed by atoms with Crippen molar-refractivity contribution < 1.29 is 4.39 Å². The van der Waals surface area contributed by atoms with Crippen molar-refractivity contribution in [1.82, 2.24) is 9.97 Å². The van der Waals surface area contributed by atoms with E-state index in [1.807, 2.05) is 44.2 Å². The van der Waals surface area contributed by atoms with Crippen LogP contribution in [-0.4, -0.2) is 9.97 Å². The van der Waals surface area contributed by atoms with Crippen LogP contribution >= 0.6 is 0 Å². The van der Waals surface area contributed by atoms with E-state index in [0.717, 1.165) is 16.9 Å². The summed E-state index contributed by atoms with van der Waals surface area (Å²) in [4.78, 5) is 8.83. The SMILES string of the molecule is Cc1cc(Nc2cccc(F)c2)nc(Nc2ccccc2C)n1. The fourth-order valence-corrected chi connectivity index (χ4v) is 2.24. The Balaban J connectivity index is 1.86. The Kier molecular flexibility index (Phi) is 4.19. The molecule has 0 atom stereocenters. The van der Waals surface area contributed by atoms with Gasteiger partial charge < -0.3 is 10.6 Å². The minimum absolute atomic E-state index is 0.293. The van der Waals surface area contributed by atoms with E-state index < -0.39 is 0 Å². The average molecular weight is 308 g/mol. The van der Waals surface area contributed by atoms with Crippen molar-refractivity contribution in [3.63, 3.8) is 0 Å². The third-order valence-electron chi connectivity index (χ3n) is 3.34. The third kappa shape index (κ3) is 3.83. The topological polar surface area (TPSA) is 49.8 Å². The minimum Gasteiger partial charge on any atom is -0.340 e. The molecular formula is C18H17FN4. The van der Waals surface area contributed by atoms with Crippen molar-refractivity contribution >= 4 is 23.1 Å². The van der Waals surface area contributed by atoms with E-state index in [9.17, 15) is 4.39 Å². The zero-order valence-electron chi connectivity index (χ0n) is 13.0. The number of hydrogen-bond acceptors (Lipinski definition) is 4. The van der Waals surface area contributed by atoms with Crippen molar-refractivity contribution in [3.8, 4) is 0 Å².